The fourth-order valence-electron chi connectivity index (χ4n) is 7.43. The molecule has 0 radical (unpaired) electrons. The molecule has 1 saturated heterocycles. The lowest BCUT2D eigenvalue weighted by molar-refractivity contribution is -0.138. The second-order valence-electron chi connectivity index (χ2n) is 9.34. The van der Waals surface area contributed by atoms with Gasteiger partial charge in [0.05, 0.1) is 12.2 Å². The number of ether oxygens (including phenoxy) is 1. The quantitative estimate of drug-likeness (QED) is 0.700. The van der Waals surface area contributed by atoms with Gasteiger partial charge < -0.3 is 9.84 Å². The standard InChI is InChI=1S/C19H28O3/c1-17-7-6-14-12(13(17)3-4-15(17)21)9-16-19(22-16)10-11(20)5-8-18(14,19)2/h11-14,16,20H,3-10H2,1-2H3/t11-,12-,13+,14-,16+,17+,18+,19+/m1/s1. The number of epoxide rings is 1. The summed E-state index contributed by atoms with van der Waals surface area (Å²) in [6.07, 6.45) is 8.37. The van der Waals surface area contributed by atoms with E-state index >= 15 is 0 Å². The lowest BCUT2D eigenvalue weighted by Gasteiger charge is -2.58. The third kappa shape index (κ3) is 1.40. The maximum absolute atomic E-state index is 12.4. The van der Waals surface area contributed by atoms with Gasteiger partial charge in [-0.05, 0) is 56.3 Å². The molecular weight excluding hydrogens is 276 g/mol. The first-order valence-electron chi connectivity index (χ1n) is 9.30. The van der Waals surface area contributed by atoms with E-state index in [0.29, 0.717) is 29.6 Å². The third-order valence-corrected chi connectivity index (χ3v) is 8.77. The minimum absolute atomic E-state index is 0.0256. The Morgan fingerprint density at radius 3 is 2.77 bits per heavy atom. The zero-order valence-corrected chi connectivity index (χ0v) is 13.8. The van der Waals surface area contributed by atoms with Crippen LogP contribution in [0, 0.1) is 28.6 Å². The van der Waals surface area contributed by atoms with E-state index in [2.05, 4.69) is 13.8 Å². The maximum Gasteiger partial charge on any atom is 0.139 e. The molecule has 0 aromatic carbocycles. The summed E-state index contributed by atoms with van der Waals surface area (Å²) in [6, 6.07) is 0. The molecule has 0 aromatic heterocycles. The number of carbonyl (C=O) groups is 1. The molecule has 1 heterocycles. The van der Waals surface area contributed by atoms with Gasteiger partial charge in [-0.25, -0.2) is 0 Å². The van der Waals surface area contributed by atoms with Gasteiger partial charge in [0.25, 0.3) is 0 Å². The van der Waals surface area contributed by atoms with Gasteiger partial charge in [-0.15, -0.1) is 0 Å². The molecule has 1 aliphatic heterocycles. The van der Waals surface area contributed by atoms with Gasteiger partial charge in [0.15, 0.2) is 0 Å². The second-order valence-corrected chi connectivity index (χ2v) is 9.34. The Balaban J connectivity index is 1.53. The van der Waals surface area contributed by atoms with E-state index < -0.39 is 0 Å². The summed E-state index contributed by atoms with van der Waals surface area (Å²) in [6.45, 7) is 4.68. The van der Waals surface area contributed by atoms with Crippen molar-refractivity contribution in [2.24, 2.45) is 28.6 Å². The summed E-state index contributed by atoms with van der Waals surface area (Å²) in [4.78, 5) is 12.4. The lowest BCUT2D eigenvalue weighted by Crippen LogP contribution is -2.58. The Hall–Kier alpha value is -0.410. The molecule has 1 spiro atoms. The molecule has 5 aliphatic rings. The maximum atomic E-state index is 12.4. The number of hydrogen-bond acceptors (Lipinski definition) is 3. The zero-order chi connectivity index (χ0) is 15.3. The van der Waals surface area contributed by atoms with Crippen LogP contribution >= 0.6 is 0 Å². The number of rotatable bonds is 0. The van der Waals surface area contributed by atoms with E-state index in [4.69, 9.17) is 4.74 Å². The molecule has 5 fully saturated rings. The number of aliphatic hydroxyl groups is 1. The van der Waals surface area contributed by atoms with Crippen LogP contribution in [-0.4, -0.2) is 28.7 Å². The van der Waals surface area contributed by atoms with Crippen molar-refractivity contribution in [3.05, 3.63) is 0 Å². The largest absolute Gasteiger partial charge is 0.393 e. The van der Waals surface area contributed by atoms with Crippen LogP contribution in [0.1, 0.15) is 65.2 Å². The van der Waals surface area contributed by atoms with Gasteiger partial charge in [-0.2, -0.15) is 0 Å². The molecule has 122 valence electrons. The molecule has 0 aromatic rings. The van der Waals surface area contributed by atoms with Crippen LogP contribution in [0.2, 0.25) is 0 Å². The topological polar surface area (TPSA) is 49.8 Å². The Morgan fingerprint density at radius 2 is 1.95 bits per heavy atom. The highest BCUT2D eigenvalue weighted by atomic mass is 16.6. The van der Waals surface area contributed by atoms with Crippen LogP contribution in [-0.2, 0) is 9.53 Å². The minimum atomic E-state index is -0.170. The predicted molar refractivity (Wildman–Crippen MR) is 82.2 cm³/mol. The second kappa shape index (κ2) is 3.97. The van der Waals surface area contributed by atoms with Crippen molar-refractivity contribution >= 4 is 5.78 Å². The normalized spacial score (nSPS) is 62.7. The van der Waals surface area contributed by atoms with Gasteiger partial charge in [-0.1, -0.05) is 13.8 Å². The SMILES string of the molecule is C[C@@]12CC[C@@H](O)C[C@@]13O[C@H]3C[C@H]1[C@H]2CC[C@]2(C)C(=O)CC[C@@H]12. The average Bonchev–Trinajstić information content (AvgIpc) is 3.08. The first-order valence-corrected chi connectivity index (χ1v) is 9.30. The van der Waals surface area contributed by atoms with Crippen LogP contribution in [0.3, 0.4) is 0 Å². The number of Topliss-reactive ketones (excluding diaryl/α,β-unsaturated/α-hetero) is 1. The zero-order valence-electron chi connectivity index (χ0n) is 13.8. The van der Waals surface area contributed by atoms with E-state index in [9.17, 15) is 9.90 Å². The van der Waals surface area contributed by atoms with E-state index in [-0.39, 0.29) is 22.5 Å². The highest BCUT2D eigenvalue weighted by molar-refractivity contribution is 5.87. The minimum Gasteiger partial charge on any atom is -0.393 e. The Kier molecular flexibility index (Phi) is 2.52. The number of ketones is 1. The van der Waals surface area contributed by atoms with Crippen LogP contribution < -0.4 is 0 Å². The lowest BCUT2D eigenvalue weighted by atomic mass is 9.45. The van der Waals surface area contributed by atoms with Crippen molar-refractivity contribution in [3.63, 3.8) is 0 Å². The van der Waals surface area contributed by atoms with Gasteiger partial charge in [-0.3, -0.25) is 4.79 Å². The Labute approximate surface area is 132 Å². The fraction of sp³-hybridized carbons (Fsp3) is 0.947. The molecule has 0 unspecified atom stereocenters. The van der Waals surface area contributed by atoms with Crippen LogP contribution in [0.5, 0.6) is 0 Å². The summed E-state index contributed by atoms with van der Waals surface area (Å²) in [5, 5.41) is 10.2. The summed E-state index contributed by atoms with van der Waals surface area (Å²) in [5.41, 5.74) is 0.162. The van der Waals surface area contributed by atoms with Crippen LogP contribution in [0.4, 0.5) is 0 Å². The number of hydrogen-bond donors (Lipinski definition) is 1. The molecule has 4 saturated carbocycles. The third-order valence-electron chi connectivity index (χ3n) is 8.77. The fourth-order valence-corrected chi connectivity index (χ4v) is 7.43. The molecule has 3 heteroatoms. The summed E-state index contributed by atoms with van der Waals surface area (Å²) >= 11 is 0. The van der Waals surface area contributed by atoms with Gasteiger partial charge in [0, 0.05) is 23.7 Å². The number of fused-ring (bicyclic) bond motifs is 4. The molecular formula is C19H28O3. The van der Waals surface area contributed by atoms with Gasteiger partial charge in [0.2, 0.25) is 0 Å². The van der Waals surface area contributed by atoms with Crippen molar-refractivity contribution in [2.75, 3.05) is 0 Å². The molecule has 8 atom stereocenters. The highest BCUT2D eigenvalue weighted by Gasteiger charge is 2.76. The number of aliphatic hydroxyl groups excluding tert-OH is 1. The first-order chi connectivity index (χ1) is 10.4. The number of carbonyl (C=O) groups excluding carboxylic acids is 1. The Bertz CT molecular complexity index is 545. The molecule has 0 bridgehead atoms. The van der Waals surface area contributed by atoms with E-state index in [0.717, 1.165) is 44.9 Å². The van der Waals surface area contributed by atoms with Crippen molar-refractivity contribution in [1.82, 2.24) is 0 Å². The van der Waals surface area contributed by atoms with Gasteiger partial charge >= 0.3 is 0 Å². The monoisotopic (exact) mass is 304 g/mol. The van der Waals surface area contributed by atoms with E-state index in [1.807, 2.05) is 0 Å². The van der Waals surface area contributed by atoms with Crippen molar-refractivity contribution < 1.29 is 14.6 Å². The van der Waals surface area contributed by atoms with E-state index in [1.165, 1.54) is 6.42 Å². The molecule has 0 amide bonds. The predicted octanol–water partition coefficient (Wildman–Crippen LogP) is 3.09. The smallest absolute Gasteiger partial charge is 0.139 e. The summed E-state index contributed by atoms with van der Waals surface area (Å²) < 4.78 is 6.30. The van der Waals surface area contributed by atoms with Crippen molar-refractivity contribution in [3.8, 4) is 0 Å². The molecule has 1 N–H and O–H groups in total. The molecule has 4 aliphatic carbocycles. The van der Waals surface area contributed by atoms with Gasteiger partial charge in [0.1, 0.15) is 11.4 Å². The van der Waals surface area contributed by atoms with Crippen molar-refractivity contribution in [2.45, 2.75) is 83.0 Å². The highest BCUT2D eigenvalue weighted by Crippen LogP contribution is 2.72. The molecule has 22 heavy (non-hydrogen) atoms. The van der Waals surface area contributed by atoms with Crippen LogP contribution in [0.25, 0.3) is 0 Å². The molecule has 3 nitrogen and oxygen atoms in total. The molecule has 5 rings (SSSR count). The average molecular weight is 304 g/mol. The van der Waals surface area contributed by atoms with Crippen molar-refractivity contribution in [1.29, 1.82) is 0 Å². The summed E-state index contributed by atoms with van der Waals surface area (Å²) in [7, 11) is 0. The summed E-state index contributed by atoms with van der Waals surface area (Å²) in [5.74, 6) is 2.48. The Morgan fingerprint density at radius 1 is 1.14 bits per heavy atom. The first kappa shape index (κ1) is 14.0. The van der Waals surface area contributed by atoms with E-state index in [1.54, 1.807) is 0 Å². The van der Waals surface area contributed by atoms with Crippen LogP contribution in [0.15, 0.2) is 0 Å².